The Morgan fingerprint density at radius 3 is 2.77 bits per heavy atom. The summed E-state index contributed by atoms with van der Waals surface area (Å²) < 4.78 is 5.40. The highest BCUT2D eigenvalue weighted by Gasteiger charge is 2.29. The SMILES string of the molecule is Cc1cccc2c1N(C(=O)OCc1ccccc1)CC(O)C2. The van der Waals surface area contributed by atoms with Crippen LogP contribution >= 0.6 is 0 Å². The van der Waals surface area contributed by atoms with Crippen LogP contribution in [0.4, 0.5) is 10.5 Å². The smallest absolute Gasteiger partial charge is 0.414 e. The van der Waals surface area contributed by atoms with Gasteiger partial charge in [-0.3, -0.25) is 4.90 Å². The number of hydrogen-bond donors (Lipinski definition) is 1. The normalized spacial score (nSPS) is 17.0. The second kappa shape index (κ2) is 6.20. The number of aryl methyl sites for hydroxylation is 1. The molecule has 114 valence electrons. The molecule has 0 saturated carbocycles. The number of rotatable bonds is 2. The van der Waals surface area contributed by atoms with Gasteiger partial charge < -0.3 is 9.84 Å². The fourth-order valence-electron chi connectivity index (χ4n) is 2.85. The van der Waals surface area contributed by atoms with Gasteiger partial charge in [-0.25, -0.2) is 4.79 Å². The van der Waals surface area contributed by atoms with Crippen LogP contribution in [0, 0.1) is 6.92 Å². The third kappa shape index (κ3) is 2.97. The Bertz CT molecular complexity index is 669. The Labute approximate surface area is 130 Å². The number of hydrogen-bond acceptors (Lipinski definition) is 3. The van der Waals surface area contributed by atoms with Crippen LogP contribution in [0.5, 0.6) is 0 Å². The highest BCUT2D eigenvalue weighted by molar-refractivity contribution is 5.90. The Morgan fingerprint density at radius 2 is 2.00 bits per heavy atom. The number of aliphatic hydroxyl groups is 1. The van der Waals surface area contributed by atoms with Crippen molar-refractivity contribution in [3.63, 3.8) is 0 Å². The van der Waals surface area contributed by atoms with Crippen molar-refractivity contribution in [2.24, 2.45) is 0 Å². The molecule has 1 amide bonds. The zero-order chi connectivity index (χ0) is 15.5. The largest absolute Gasteiger partial charge is 0.444 e. The lowest BCUT2D eigenvalue weighted by Gasteiger charge is -2.33. The number of benzene rings is 2. The number of para-hydroxylation sites is 1. The van der Waals surface area contributed by atoms with Crippen LogP contribution in [0.15, 0.2) is 48.5 Å². The summed E-state index contributed by atoms with van der Waals surface area (Å²) in [4.78, 5) is 14.0. The fourth-order valence-corrected chi connectivity index (χ4v) is 2.85. The molecular weight excluding hydrogens is 278 g/mol. The van der Waals surface area contributed by atoms with Gasteiger partial charge in [-0.2, -0.15) is 0 Å². The topological polar surface area (TPSA) is 49.8 Å². The van der Waals surface area contributed by atoms with Crippen LogP contribution in [0.2, 0.25) is 0 Å². The van der Waals surface area contributed by atoms with Gasteiger partial charge in [0.05, 0.1) is 18.3 Å². The summed E-state index contributed by atoms with van der Waals surface area (Å²) >= 11 is 0. The summed E-state index contributed by atoms with van der Waals surface area (Å²) in [6.45, 7) is 2.47. The lowest BCUT2D eigenvalue weighted by atomic mass is 9.97. The minimum Gasteiger partial charge on any atom is -0.444 e. The molecule has 3 rings (SSSR count). The number of carbonyl (C=O) groups is 1. The van der Waals surface area contributed by atoms with Gasteiger partial charge in [-0.1, -0.05) is 48.5 Å². The van der Waals surface area contributed by atoms with Crippen LogP contribution < -0.4 is 4.90 Å². The quantitative estimate of drug-likeness (QED) is 0.927. The van der Waals surface area contributed by atoms with Gasteiger partial charge >= 0.3 is 6.09 Å². The summed E-state index contributed by atoms with van der Waals surface area (Å²) in [6.07, 6.45) is -0.406. The second-order valence-corrected chi connectivity index (χ2v) is 5.59. The van der Waals surface area contributed by atoms with E-state index in [1.54, 1.807) is 4.90 Å². The lowest BCUT2D eigenvalue weighted by molar-refractivity contribution is 0.133. The van der Waals surface area contributed by atoms with Gasteiger partial charge in [-0.15, -0.1) is 0 Å². The highest BCUT2D eigenvalue weighted by atomic mass is 16.6. The molecule has 0 radical (unpaired) electrons. The Morgan fingerprint density at radius 1 is 1.23 bits per heavy atom. The maximum absolute atomic E-state index is 12.4. The number of aliphatic hydroxyl groups excluding tert-OH is 1. The van der Waals surface area contributed by atoms with E-state index in [9.17, 15) is 9.90 Å². The summed E-state index contributed by atoms with van der Waals surface area (Å²) in [5.74, 6) is 0. The zero-order valence-electron chi connectivity index (χ0n) is 12.5. The molecule has 4 heteroatoms. The van der Waals surface area contributed by atoms with Crippen LogP contribution in [-0.4, -0.2) is 23.8 Å². The van der Waals surface area contributed by atoms with Crippen molar-refractivity contribution in [3.05, 3.63) is 65.2 Å². The number of carbonyl (C=O) groups excluding carboxylic acids is 1. The molecule has 1 atom stereocenters. The molecule has 22 heavy (non-hydrogen) atoms. The minimum absolute atomic E-state index is 0.230. The van der Waals surface area contributed by atoms with Crippen molar-refractivity contribution < 1.29 is 14.6 Å². The van der Waals surface area contributed by atoms with E-state index in [0.29, 0.717) is 6.42 Å². The molecule has 0 spiro atoms. The second-order valence-electron chi connectivity index (χ2n) is 5.59. The molecule has 0 bridgehead atoms. The number of ether oxygens (including phenoxy) is 1. The molecule has 1 aliphatic heterocycles. The Hall–Kier alpha value is -2.33. The van der Waals surface area contributed by atoms with Gasteiger partial charge in [-0.05, 0) is 23.6 Å². The first-order chi connectivity index (χ1) is 10.6. The van der Waals surface area contributed by atoms with E-state index in [-0.39, 0.29) is 13.2 Å². The van der Waals surface area contributed by atoms with E-state index in [4.69, 9.17) is 4.74 Å². The maximum atomic E-state index is 12.4. The molecule has 0 aliphatic carbocycles. The molecule has 0 aromatic heterocycles. The van der Waals surface area contributed by atoms with Crippen molar-refractivity contribution in [1.29, 1.82) is 0 Å². The molecule has 2 aromatic carbocycles. The van der Waals surface area contributed by atoms with E-state index in [0.717, 1.165) is 22.4 Å². The number of β-amino-alcohol motifs (C(OH)–C–C–N with tert-alkyl or cyclic N) is 1. The Balaban J connectivity index is 1.78. The Kier molecular flexibility index (Phi) is 4.11. The predicted molar refractivity (Wildman–Crippen MR) is 84.9 cm³/mol. The van der Waals surface area contributed by atoms with E-state index in [2.05, 4.69) is 0 Å². The van der Waals surface area contributed by atoms with E-state index in [1.807, 2.05) is 55.5 Å². The standard InChI is InChI=1S/C18H19NO3/c1-13-6-5-9-15-10-16(20)11-19(17(13)15)18(21)22-12-14-7-3-2-4-8-14/h2-9,16,20H,10-12H2,1H3. The average molecular weight is 297 g/mol. The number of nitrogens with zero attached hydrogens (tertiary/aromatic N) is 1. The monoisotopic (exact) mass is 297 g/mol. The van der Waals surface area contributed by atoms with Crippen LogP contribution in [0.3, 0.4) is 0 Å². The number of anilines is 1. The summed E-state index contributed by atoms with van der Waals surface area (Å²) in [7, 11) is 0. The van der Waals surface area contributed by atoms with Gasteiger partial charge in [0, 0.05) is 6.42 Å². The number of amides is 1. The third-order valence-corrected chi connectivity index (χ3v) is 3.87. The van der Waals surface area contributed by atoms with E-state index >= 15 is 0 Å². The molecule has 0 saturated heterocycles. The van der Waals surface area contributed by atoms with E-state index < -0.39 is 12.2 Å². The van der Waals surface area contributed by atoms with Crippen molar-refractivity contribution in [3.8, 4) is 0 Å². The molecule has 1 unspecified atom stereocenters. The molecule has 1 aliphatic rings. The van der Waals surface area contributed by atoms with E-state index in [1.165, 1.54) is 0 Å². The van der Waals surface area contributed by atoms with Crippen molar-refractivity contribution in [1.82, 2.24) is 0 Å². The molecule has 2 aromatic rings. The highest BCUT2D eigenvalue weighted by Crippen LogP contribution is 2.31. The number of fused-ring (bicyclic) bond motifs is 1. The van der Waals surface area contributed by atoms with Gasteiger partial charge in [0.2, 0.25) is 0 Å². The lowest BCUT2D eigenvalue weighted by Crippen LogP contribution is -2.43. The van der Waals surface area contributed by atoms with Gasteiger partial charge in [0.25, 0.3) is 0 Å². The molecule has 1 N–H and O–H groups in total. The van der Waals surface area contributed by atoms with Gasteiger partial charge in [0.15, 0.2) is 0 Å². The first-order valence-electron chi connectivity index (χ1n) is 7.40. The molecule has 0 fully saturated rings. The fraction of sp³-hybridized carbons (Fsp3) is 0.278. The van der Waals surface area contributed by atoms with Crippen LogP contribution in [0.25, 0.3) is 0 Å². The zero-order valence-corrected chi connectivity index (χ0v) is 12.5. The first kappa shape index (κ1) is 14.6. The molecule has 4 nitrogen and oxygen atoms in total. The average Bonchev–Trinajstić information content (AvgIpc) is 2.53. The maximum Gasteiger partial charge on any atom is 0.414 e. The summed E-state index contributed by atoms with van der Waals surface area (Å²) in [5.41, 5.74) is 3.81. The predicted octanol–water partition coefficient (Wildman–Crippen LogP) is 3.06. The summed E-state index contributed by atoms with van der Waals surface area (Å²) in [5, 5.41) is 10.0. The van der Waals surface area contributed by atoms with Crippen molar-refractivity contribution in [2.75, 3.05) is 11.4 Å². The third-order valence-electron chi connectivity index (χ3n) is 3.87. The van der Waals surface area contributed by atoms with Crippen LogP contribution in [0.1, 0.15) is 16.7 Å². The first-order valence-corrected chi connectivity index (χ1v) is 7.40. The molecule has 1 heterocycles. The minimum atomic E-state index is -0.557. The molecular formula is C18H19NO3. The van der Waals surface area contributed by atoms with Crippen molar-refractivity contribution >= 4 is 11.8 Å². The van der Waals surface area contributed by atoms with Crippen molar-refractivity contribution in [2.45, 2.75) is 26.1 Å². The summed E-state index contributed by atoms with van der Waals surface area (Å²) in [6, 6.07) is 15.4. The van der Waals surface area contributed by atoms with Crippen LogP contribution in [-0.2, 0) is 17.8 Å². The van der Waals surface area contributed by atoms with Gasteiger partial charge in [0.1, 0.15) is 6.61 Å².